The van der Waals surface area contributed by atoms with Gasteiger partial charge in [0, 0.05) is 27.2 Å². The number of nitrogens with zero attached hydrogens (tertiary/aromatic N) is 5. The molecule has 2 heterocycles. The lowest BCUT2D eigenvalue weighted by molar-refractivity contribution is 0.185. The van der Waals surface area contributed by atoms with Gasteiger partial charge in [-0.05, 0) is 43.0 Å². The Balaban J connectivity index is 1.49. The van der Waals surface area contributed by atoms with Gasteiger partial charge in [-0.3, -0.25) is 14.6 Å². The highest BCUT2D eigenvalue weighted by molar-refractivity contribution is 5.79. The van der Waals surface area contributed by atoms with Crippen molar-refractivity contribution in [3.05, 3.63) is 47.5 Å². The first-order chi connectivity index (χ1) is 13.1. The minimum Gasteiger partial charge on any atom is -0.352 e. The second kappa shape index (κ2) is 9.50. The number of aryl methyl sites for hydroxylation is 1. The summed E-state index contributed by atoms with van der Waals surface area (Å²) in [6.45, 7) is 7.14. The van der Waals surface area contributed by atoms with Crippen molar-refractivity contribution in [3.63, 3.8) is 0 Å². The Morgan fingerprint density at radius 1 is 1.19 bits per heavy atom. The molecule has 1 aliphatic heterocycles. The minimum absolute atomic E-state index is 0.587. The van der Waals surface area contributed by atoms with Crippen molar-refractivity contribution in [1.82, 2.24) is 30.3 Å². The lowest BCUT2D eigenvalue weighted by atomic mass is 9.98. The lowest BCUT2D eigenvalue weighted by Crippen LogP contribution is -2.37. The molecule has 2 aromatic rings. The molecule has 27 heavy (non-hydrogen) atoms. The normalized spacial score (nSPS) is 16.5. The number of guanidine groups is 1. The van der Waals surface area contributed by atoms with Gasteiger partial charge < -0.3 is 10.6 Å². The van der Waals surface area contributed by atoms with E-state index >= 15 is 0 Å². The van der Waals surface area contributed by atoms with E-state index in [0.29, 0.717) is 6.54 Å². The van der Waals surface area contributed by atoms with Crippen molar-refractivity contribution in [2.45, 2.75) is 39.4 Å². The standard InChI is InChI=1S/C20H31N7/c1-16-7-9-27(10-8-16)14-18-6-4-5-17(11-18)12-22-20(21-2)23-13-19-24-15-25-26(19)3/h4-6,11,15-16H,7-10,12-14H2,1-3H3,(H2,21,22,23). The van der Waals surface area contributed by atoms with Crippen LogP contribution in [0, 0.1) is 5.92 Å². The van der Waals surface area contributed by atoms with Crippen LogP contribution in [-0.4, -0.2) is 45.8 Å². The summed E-state index contributed by atoms with van der Waals surface area (Å²) in [4.78, 5) is 11.1. The highest BCUT2D eigenvalue weighted by atomic mass is 15.3. The van der Waals surface area contributed by atoms with Gasteiger partial charge in [-0.15, -0.1) is 0 Å². The van der Waals surface area contributed by atoms with Gasteiger partial charge >= 0.3 is 0 Å². The number of nitrogens with one attached hydrogen (secondary N) is 2. The van der Waals surface area contributed by atoms with Gasteiger partial charge in [0.15, 0.2) is 5.96 Å². The Morgan fingerprint density at radius 2 is 1.93 bits per heavy atom. The van der Waals surface area contributed by atoms with E-state index < -0.39 is 0 Å². The molecule has 3 rings (SSSR count). The average molecular weight is 370 g/mol. The molecule has 0 spiro atoms. The van der Waals surface area contributed by atoms with Gasteiger partial charge in [-0.1, -0.05) is 31.2 Å². The van der Waals surface area contributed by atoms with Crippen molar-refractivity contribution >= 4 is 5.96 Å². The number of hydrogen-bond donors (Lipinski definition) is 2. The van der Waals surface area contributed by atoms with Gasteiger partial charge in [-0.25, -0.2) is 4.98 Å². The molecule has 7 heteroatoms. The quantitative estimate of drug-likeness (QED) is 0.601. The van der Waals surface area contributed by atoms with Gasteiger partial charge in [0.25, 0.3) is 0 Å². The second-order valence-electron chi connectivity index (χ2n) is 7.36. The lowest BCUT2D eigenvalue weighted by Gasteiger charge is -2.30. The molecule has 146 valence electrons. The fourth-order valence-corrected chi connectivity index (χ4v) is 3.37. The zero-order chi connectivity index (χ0) is 19.1. The predicted molar refractivity (Wildman–Crippen MR) is 108 cm³/mol. The van der Waals surface area contributed by atoms with E-state index in [0.717, 1.165) is 30.8 Å². The summed E-state index contributed by atoms with van der Waals surface area (Å²) in [7, 11) is 3.66. The third-order valence-corrected chi connectivity index (χ3v) is 5.18. The van der Waals surface area contributed by atoms with E-state index in [2.05, 4.69) is 61.8 Å². The van der Waals surface area contributed by atoms with Crippen LogP contribution < -0.4 is 10.6 Å². The molecule has 0 bridgehead atoms. The molecular weight excluding hydrogens is 338 g/mol. The summed E-state index contributed by atoms with van der Waals surface area (Å²) in [6.07, 6.45) is 4.19. The van der Waals surface area contributed by atoms with E-state index in [1.807, 2.05) is 7.05 Å². The summed E-state index contributed by atoms with van der Waals surface area (Å²) >= 11 is 0. The Bertz CT molecular complexity index is 744. The number of likely N-dealkylation sites (tertiary alicyclic amines) is 1. The summed E-state index contributed by atoms with van der Waals surface area (Å²) in [6, 6.07) is 8.82. The van der Waals surface area contributed by atoms with E-state index in [1.54, 1.807) is 18.1 Å². The summed E-state index contributed by atoms with van der Waals surface area (Å²) in [5.41, 5.74) is 2.64. The molecule has 1 aromatic heterocycles. The van der Waals surface area contributed by atoms with Crippen LogP contribution in [0.2, 0.25) is 0 Å². The summed E-state index contributed by atoms with van der Waals surface area (Å²) in [5.74, 6) is 2.50. The minimum atomic E-state index is 0.587. The third-order valence-electron chi connectivity index (χ3n) is 5.18. The second-order valence-corrected chi connectivity index (χ2v) is 7.36. The SMILES string of the molecule is CN=C(NCc1cccc(CN2CCC(C)CC2)c1)NCc1ncnn1C. The first-order valence-corrected chi connectivity index (χ1v) is 9.71. The van der Waals surface area contributed by atoms with Crippen molar-refractivity contribution in [2.24, 2.45) is 18.0 Å². The number of aromatic nitrogens is 3. The van der Waals surface area contributed by atoms with Crippen LogP contribution in [0.4, 0.5) is 0 Å². The van der Waals surface area contributed by atoms with E-state index in [-0.39, 0.29) is 0 Å². The monoisotopic (exact) mass is 369 g/mol. The molecule has 0 amide bonds. The molecule has 0 radical (unpaired) electrons. The highest BCUT2D eigenvalue weighted by Crippen LogP contribution is 2.18. The maximum atomic E-state index is 4.28. The van der Waals surface area contributed by atoms with E-state index in [4.69, 9.17) is 0 Å². The topological polar surface area (TPSA) is 70.4 Å². The number of rotatable bonds is 6. The van der Waals surface area contributed by atoms with E-state index in [9.17, 15) is 0 Å². The molecule has 0 unspecified atom stereocenters. The van der Waals surface area contributed by atoms with Crippen LogP contribution in [0.25, 0.3) is 0 Å². The van der Waals surface area contributed by atoms with Gasteiger partial charge in [-0.2, -0.15) is 5.10 Å². The fraction of sp³-hybridized carbons (Fsp3) is 0.550. The maximum absolute atomic E-state index is 4.28. The molecule has 1 fully saturated rings. The Morgan fingerprint density at radius 3 is 2.63 bits per heavy atom. The van der Waals surface area contributed by atoms with E-state index in [1.165, 1.54) is 37.1 Å². The van der Waals surface area contributed by atoms with Gasteiger partial charge in [0.05, 0.1) is 6.54 Å². The highest BCUT2D eigenvalue weighted by Gasteiger charge is 2.15. The number of hydrogen-bond acceptors (Lipinski definition) is 4. The van der Waals surface area contributed by atoms with Crippen molar-refractivity contribution in [1.29, 1.82) is 0 Å². The molecule has 1 aromatic carbocycles. The van der Waals surface area contributed by atoms with Crippen LogP contribution in [0.15, 0.2) is 35.6 Å². The fourth-order valence-electron chi connectivity index (χ4n) is 3.37. The molecule has 0 aliphatic carbocycles. The first-order valence-electron chi connectivity index (χ1n) is 9.71. The Kier molecular flexibility index (Phi) is 6.81. The molecule has 1 saturated heterocycles. The number of benzene rings is 1. The molecular formula is C20H31N7. The zero-order valence-corrected chi connectivity index (χ0v) is 16.6. The van der Waals surface area contributed by atoms with Crippen LogP contribution in [0.3, 0.4) is 0 Å². The zero-order valence-electron chi connectivity index (χ0n) is 16.6. The third kappa shape index (κ3) is 5.79. The van der Waals surface area contributed by atoms with Crippen LogP contribution >= 0.6 is 0 Å². The van der Waals surface area contributed by atoms with Crippen molar-refractivity contribution in [2.75, 3.05) is 20.1 Å². The maximum Gasteiger partial charge on any atom is 0.191 e. The molecule has 0 atom stereocenters. The molecule has 1 aliphatic rings. The number of piperidine rings is 1. The summed E-state index contributed by atoms with van der Waals surface area (Å²) < 4.78 is 1.76. The predicted octanol–water partition coefficient (Wildman–Crippen LogP) is 1.91. The number of aliphatic imine (C=N–C) groups is 1. The first kappa shape index (κ1) is 19.4. The van der Waals surface area contributed by atoms with Gasteiger partial charge in [0.1, 0.15) is 12.2 Å². The molecule has 7 nitrogen and oxygen atoms in total. The smallest absolute Gasteiger partial charge is 0.191 e. The van der Waals surface area contributed by atoms with Crippen LogP contribution in [0.5, 0.6) is 0 Å². The van der Waals surface area contributed by atoms with Gasteiger partial charge in [0.2, 0.25) is 0 Å². The van der Waals surface area contributed by atoms with Crippen LogP contribution in [-0.2, 0) is 26.7 Å². The molecule has 2 N–H and O–H groups in total. The largest absolute Gasteiger partial charge is 0.352 e. The van der Waals surface area contributed by atoms with Crippen molar-refractivity contribution < 1.29 is 0 Å². The van der Waals surface area contributed by atoms with Crippen LogP contribution in [0.1, 0.15) is 36.7 Å². The average Bonchev–Trinajstić information content (AvgIpc) is 3.09. The Hall–Kier alpha value is -2.41. The molecule has 0 saturated carbocycles. The summed E-state index contributed by atoms with van der Waals surface area (Å²) in [5, 5.41) is 10.7. The van der Waals surface area contributed by atoms with Crippen molar-refractivity contribution in [3.8, 4) is 0 Å². The Labute approximate surface area is 161 Å².